The van der Waals surface area contributed by atoms with Gasteiger partial charge in [-0.3, -0.25) is 10.0 Å². The zero-order valence-electron chi connectivity index (χ0n) is 19.5. The maximum absolute atomic E-state index is 12.4. The maximum atomic E-state index is 12.4. The first-order chi connectivity index (χ1) is 17.1. The standard InChI is InChI=1S/C31H27NO3/c1-24(28-10-4-2-5-11-28)32(34)31(33)22-21-26-17-15-25(16-18-26)19-20-27-9-8-14-30(23-27)35-29-12-6-3-7-13-29/h2-24,34H,1H3. The van der Waals surface area contributed by atoms with E-state index < -0.39 is 11.9 Å². The minimum absolute atomic E-state index is 0.433. The normalized spacial score (nSPS) is 12.1. The van der Waals surface area contributed by atoms with Gasteiger partial charge in [0.15, 0.2) is 0 Å². The Kier molecular flexibility index (Phi) is 7.89. The van der Waals surface area contributed by atoms with E-state index in [4.69, 9.17) is 4.74 Å². The summed E-state index contributed by atoms with van der Waals surface area (Å²) >= 11 is 0. The molecule has 0 fully saturated rings. The summed E-state index contributed by atoms with van der Waals surface area (Å²) in [6.07, 6.45) is 7.13. The highest BCUT2D eigenvalue weighted by Gasteiger charge is 2.17. The molecule has 4 rings (SSSR count). The van der Waals surface area contributed by atoms with Crippen molar-refractivity contribution in [1.29, 1.82) is 0 Å². The lowest BCUT2D eigenvalue weighted by atomic mass is 10.1. The fourth-order valence-electron chi connectivity index (χ4n) is 3.52. The molecule has 0 bridgehead atoms. The van der Waals surface area contributed by atoms with Crippen molar-refractivity contribution in [1.82, 2.24) is 5.06 Å². The molecule has 0 spiro atoms. The van der Waals surface area contributed by atoms with E-state index in [1.54, 1.807) is 13.0 Å². The Balaban J connectivity index is 1.35. The SMILES string of the molecule is CC(c1ccccc1)N(O)C(=O)C=Cc1ccc(C=Cc2cccc(Oc3ccccc3)c2)cc1. The second-order valence-electron chi connectivity index (χ2n) is 8.09. The molecule has 0 radical (unpaired) electrons. The minimum Gasteiger partial charge on any atom is -0.457 e. The number of carbonyl (C=O) groups is 1. The number of hydroxylamine groups is 2. The van der Waals surface area contributed by atoms with E-state index in [0.29, 0.717) is 0 Å². The molecule has 1 unspecified atom stereocenters. The molecule has 35 heavy (non-hydrogen) atoms. The Morgan fingerprint density at radius 1 is 0.714 bits per heavy atom. The van der Waals surface area contributed by atoms with Crippen LogP contribution in [0.1, 0.15) is 35.2 Å². The van der Waals surface area contributed by atoms with Crippen molar-refractivity contribution >= 4 is 24.1 Å². The Morgan fingerprint density at radius 2 is 1.29 bits per heavy atom. The van der Waals surface area contributed by atoms with Gasteiger partial charge in [0.2, 0.25) is 0 Å². The molecular formula is C31H27NO3. The highest BCUT2D eigenvalue weighted by Crippen LogP contribution is 2.23. The Labute approximate surface area is 206 Å². The number of hydrogen-bond donors (Lipinski definition) is 1. The molecule has 0 saturated carbocycles. The molecule has 0 aliphatic rings. The van der Waals surface area contributed by atoms with Crippen LogP contribution in [0.5, 0.6) is 11.5 Å². The average molecular weight is 462 g/mol. The van der Waals surface area contributed by atoms with Gasteiger partial charge in [-0.2, -0.15) is 0 Å². The first kappa shape index (κ1) is 23.7. The van der Waals surface area contributed by atoms with E-state index in [2.05, 4.69) is 0 Å². The lowest BCUT2D eigenvalue weighted by molar-refractivity contribution is -0.169. The number of rotatable bonds is 8. The number of para-hydroxylation sites is 1. The lowest BCUT2D eigenvalue weighted by Gasteiger charge is -2.21. The smallest absolute Gasteiger partial charge is 0.270 e. The van der Waals surface area contributed by atoms with Crippen molar-refractivity contribution in [3.05, 3.63) is 138 Å². The molecule has 4 heteroatoms. The molecule has 4 aromatic rings. The molecular weight excluding hydrogens is 434 g/mol. The maximum Gasteiger partial charge on any atom is 0.270 e. The predicted octanol–water partition coefficient (Wildman–Crippen LogP) is 7.64. The number of hydrogen-bond acceptors (Lipinski definition) is 3. The van der Waals surface area contributed by atoms with Gasteiger partial charge in [0.25, 0.3) is 5.91 Å². The van der Waals surface area contributed by atoms with Gasteiger partial charge in [-0.1, -0.05) is 97.1 Å². The van der Waals surface area contributed by atoms with E-state index in [1.165, 1.54) is 6.08 Å². The third-order valence-corrected chi connectivity index (χ3v) is 5.53. The Morgan fingerprint density at radius 3 is 1.97 bits per heavy atom. The van der Waals surface area contributed by atoms with Gasteiger partial charge >= 0.3 is 0 Å². The van der Waals surface area contributed by atoms with Crippen LogP contribution in [0, 0.1) is 0 Å². The first-order valence-electron chi connectivity index (χ1n) is 11.4. The van der Waals surface area contributed by atoms with E-state index >= 15 is 0 Å². The average Bonchev–Trinajstić information content (AvgIpc) is 2.91. The van der Waals surface area contributed by atoms with Crippen LogP contribution in [0.4, 0.5) is 0 Å². The summed E-state index contributed by atoms with van der Waals surface area (Å²) in [5, 5.41) is 11.0. The molecule has 0 saturated heterocycles. The van der Waals surface area contributed by atoms with Crippen molar-refractivity contribution in [3.8, 4) is 11.5 Å². The van der Waals surface area contributed by atoms with Crippen LogP contribution in [-0.4, -0.2) is 16.2 Å². The fourth-order valence-corrected chi connectivity index (χ4v) is 3.52. The van der Waals surface area contributed by atoms with Gasteiger partial charge in [-0.05, 0) is 59.5 Å². The van der Waals surface area contributed by atoms with Crippen LogP contribution in [0.2, 0.25) is 0 Å². The van der Waals surface area contributed by atoms with Crippen LogP contribution in [0.3, 0.4) is 0 Å². The summed E-state index contributed by atoms with van der Waals surface area (Å²) in [7, 11) is 0. The second kappa shape index (κ2) is 11.6. The van der Waals surface area contributed by atoms with Gasteiger partial charge in [-0.15, -0.1) is 0 Å². The van der Waals surface area contributed by atoms with Crippen LogP contribution in [0.15, 0.2) is 115 Å². The summed E-state index contributed by atoms with van der Waals surface area (Å²) in [6, 6.07) is 34.4. The zero-order valence-corrected chi connectivity index (χ0v) is 19.5. The molecule has 0 aliphatic heterocycles. The van der Waals surface area contributed by atoms with Gasteiger partial charge < -0.3 is 4.74 Å². The number of nitrogens with zero attached hydrogens (tertiary/aromatic N) is 1. The van der Waals surface area contributed by atoms with Crippen LogP contribution in [-0.2, 0) is 4.79 Å². The van der Waals surface area contributed by atoms with Crippen molar-refractivity contribution < 1.29 is 14.7 Å². The quantitative estimate of drug-likeness (QED) is 0.127. The lowest BCUT2D eigenvalue weighted by Crippen LogP contribution is -2.28. The summed E-state index contributed by atoms with van der Waals surface area (Å²) < 4.78 is 5.90. The van der Waals surface area contributed by atoms with Gasteiger partial charge in [0, 0.05) is 6.08 Å². The summed E-state index contributed by atoms with van der Waals surface area (Å²) in [4.78, 5) is 12.4. The number of ether oxygens (including phenoxy) is 1. The van der Waals surface area contributed by atoms with Gasteiger partial charge in [0.05, 0.1) is 6.04 Å². The van der Waals surface area contributed by atoms with E-state index in [1.807, 2.05) is 121 Å². The number of carbonyl (C=O) groups excluding carboxylic acids is 1. The van der Waals surface area contributed by atoms with Crippen molar-refractivity contribution in [2.45, 2.75) is 13.0 Å². The van der Waals surface area contributed by atoms with E-state index in [-0.39, 0.29) is 0 Å². The van der Waals surface area contributed by atoms with Gasteiger partial charge in [0.1, 0.15) is 11.5 Å². The first-order valence-corrected chi connectivity index (χ1v) is 11.4. The Hall–Kier alpha value is -4.41. The summed E-state index contributed by atoms with van der Waals surface area (Å²) in [5.41, 5.74) is 3.80. The molecule has 4 nitrogen and oxygen atoms in total. The van der Waals surface area contributed by atoms with Gasteiger partial charge in [-0.25, -0.2) is 5.06 Å². The largest absolute Gasteiger partial charge is 0.457 e. The van der Waals surface area contributed by atoms with Crippen LogP contribution < -0.4 is 4.74 Å². The van der Waals surface area contributed by atoms with Crippen molar-refractivity contribution in [2.75, 3.05) is 0 Å². The highest BCUT2D eigenvalue weighted by atomic mass is 16.5. The molecule has 1 amide bonds. The molecule has 1 N–H and O–H groups in total. The van der Waals surface area contributed by atoms with E-state index in [0.717, 1.165) is 38.8 Å². The zero-order chi connectivity index (χ0) is 24.5. The highest BCUT2D eigenvalue weighted by molar-refractivity contribution is 5.91. The topological polar surface area (TPSA) is 49.8 Å². The Bertz CT molecular complexity index is 1300. The molecule has 174 valence electrons. The molecule has 0 heterocycles. The van der Waals surface area contributed by atoms with Crippen molar-refractivity contribution in [3.63, 3.8) is 0 Å². The fraction of sp³-hybridized carbons (Fsp3) is 0.0645. The van der Waals surface area contributed by atoms with E-state index in [9.17, 15) is 10.0 Å². The molecule has 0 aliphatic carbocycles. The summed E-state index contributed by atoms with van der Waals surface area (Å²) in [5.74, 6) is 1.11. The second-order valence-corrected chi connectivity index (χ2v) is 8.09. The van der Waals surface area contributed by atoms with Crippen LogP contribution in [0.25, 0.3) is 18.2 Å². The third-order valence-electron chi connectivity index (χ3n) is 5.53. The number of amides is 1. The molecule has 1 atom stereocenters. The molecule has 0 aromatic heterocycles. The molecule has 4 aromatic carbocycles. The third kappa shape index (κ3) is 6.79. The van der Waals surface area contributed by atoms with Crippen molar-refractivity contribution in [2.24, 2.45) is 0 Å². The number of benzene rings is 4. The monoisotopic (exact) mass is 461 g/mol. The predicted molar refractivity (Wildman–Crippen MR) is 141 cm³/mol. The van der Waals surface area contributed by atoms with Crippen LogP contribution >= 0.6 is 0 Å². The minimum atomic E-state index is -0.470. The summed E-state index contributed by atoms with van der Waals surface area (Å²) in [6.45, 7) is 1.78.